The van der Waals surface area contributed by atoms with Gasteiger partial charge in [0, 0.05) is 25.7 Å². The Balaban J connectivity index is 2.05. The van der Waals surface area contributed by atoms with Crippen molar-refractivity contribution in [2.24, 2.45) is 0 Å². The molecule has 0 spiro atoms. The highest BCUT2D eigenvalue weighted by molar-refractivity contribution is 5.98. The van der Waals surface area contributed by atoms with E-state index in [-0.39, 0.29) is 24.5 Å². The van der Waals surface area contributed by atoms with Crippen LogP contribution in [0.2, 0.25) is 0 Å². The first-order chi connectivity index (χ1) is 15.2. The lowest BCUT2D eigenvalue weighted by Crippen LogP contribution is -2.47. The van der Waals surface area contributed by atoms with Gasteiger partial charge in [-0.15, -0.1) is 0 Å². The Bertz CT molecular complexity index is 1100. The van der Waals surface area contributed by atoms with Gasteiger partial charge in [-0.1, -0.05) is 48.5 Å². The van der Waals surface area contributed by atoms with E-state index in [1.165, 1.54) is 4.90 Å². The van der Waals surface area contributed by atoms with Crippen LogP contribution in [0.25, 0.3) is 16.8 Å². The Morgan fingerprint density at radius 2 is 1.62 bits per heavy atom. The van der Waals surface area contributed by atoms with Crippen molar-refractivity contribution < 1.29 is 9.59 Å². The molecule has 7 nitrogen and oxygen atoms in total. The summed E-state index contributed by atoms with van der Waals surface area (Å²) in [7, 11) is 3.36. The SMILES string of the molecule is Cc1ccccc1-n1nc(C)c(-c2ccccc2)c1NC(=O)CN(C(=O)N(C)C)C(C)C. The number of hydrogen-bond acceptors (Lipinski definition) is 3. The Labute approximate surface area is 189 Å². The van der Waals surface area contributed by atoms with Crippen LogP contribution in [0.5, 0.6) is 0 Å². The van der Waals surface area contributed by atoms with E-state index >= 15 is 0 Å². The van der Waals surface area contributed by atoms with E-state index in [9.17, 15) is 9.59 Å². The van der Waals surface area contributed by atoms with E-state index < -0.39 is 0 Å². The van der Waals surface area contributed by atoms with Crippen molar-refractivity contribution in [2.75, 3.05) is 26.0 Å². The number of nitrogens with one attached hydrogen (secondary N) is 1. The normalized spacial score (nSPS) is 10.8. The molecule has 0 aliphatic rings. The molecule has 3 rings (SSSR count). The summed E-state index contributed by atoms with van der Waals surface area (Å²) in [5.74, 6) is 0.315. The highest BCUT2D eigenvalue weighted by Crippen LogP contribution is 2.34. The molecule has 0 unspecified atom stereocenters. The second-order valence-electron chi connectivity index (χ2n) is 8.32. The van der Waals surface area contributed by atoms with Crippen LogP contribution in [0.15, 0.2) is 54.6 Å². The minimum atomic E-state index is -0.277. The van der Waals surface area contributed by atoms with Gasteiger partial charge in [0.25, 0.3) is 0 Å². The fourth-order valence-electron chi connectivity index (χ4n) is 3.62. The van der Waals surface area contributed by atoms with Crippen molar-refractivity contribution in [1.82, 2.24) is 19.6 Å². The third-order valence-electron chi connectivity index (χ3n) is 5.29. The monoisotopic (exact) mass is 433 g/mol. The van der Waals surface area contributed by atoms with Crippen LogP contribution in [0.4, 0.5) is 10.6 Å². The number of urea groups is 1. The Morgan fingerprint density at radius 1 is 1.00 bits per heavy atom. The Hall–Kier alpha value is -3.61. The first kappa shape index (κ1) is 23.1. The minimum absolute atomic E-state index is 0.0547. The zero-order chi connectivity index (χ0) is 23.4. The van der Waals surface area contributed by atoms with Crippen molar-refractivity contribution in [2.45, 2.75) is 33.7 Å². The van der Waals surface area contributed by atoms with Crippen LogP contribution < -0.4 is 5.32 Å². The number of amides is 3. The van der Waals surface area contributed by atoms with Gasteiger partial charge in [0.15, 0.2) is 0 Å². The molecule has 1 aromatic heterocycles. The van der Waals surface area contributed by atoms with Gasteiger partial charge < -0.3 is 15.1 Å². The van der Waals surface area contributed by atoms with Gasteiger partial charge in [0.1, 0.15) is 12.4 Å². The van der Waals surface area contributed by atoms with E-state index in [1.807, 2.05) is 82.3 Å². The molecule has 1 heterocycles. The third kappa shape index (κ3) is 4.82. The number of para-hydroxylation sites is 1. The van der Waals surface area contributed by atoms with Gasteiger partial charge in [0.05, 0.1) is 11.4 Å². The fourth-order valence-corrected chi connectivity index (χ4v) is 3.62. The average Bonchev–Trinajstić information content (AvgIpc) is 3.07. The van der Waals surface area contributed by atoms with Gasteiger partial charge >= 0.3 is 6.03 Å². The molecular weight excluding hydrogens is 402 g/mol. The summed E-state index contributed by atoms with van der Waals surface area (Å²) >= 11 is 0. The molecule has 0 saturated carbocycles. The number of anilines is 1. The molecule has 0 radical (unpaired) electrons. The molecule has 0 bridgehead atoms. The minimum Gasteiger partial charge on any atom is -0.331 e. The lowest BCUT2D eigenvalue weighted by molar-refractivity contribution is -0.117. The Kier molecular flexibility index (Phi) is 6.98. The van der Waals surface area contributed by atoms with Gasteiger partial charge in [-0.25, -0.2) is 9.48 Å². The van der Waals surface area contributed by atoms with E-state index in [0.29, 0.717) is 5.82 Å². The quantitative estimate of drug-likeness (QED) is 0.623. The summed E-state index contributed by atoms with van der Waals surface area (Å²) in [4.78, 5) is 28.7. The average molecular weight is 434 g/mol. The van der Waals surface area contributed by atoms with Gasteiger partial charge in [0.2, 0.25) is 5.91 Å². The van der Waals surface area contributed by atoms with Crippen LogP contribution in [0.3, 0.4) is 0 Å². The summed E-state index contributed by atoms with van der Waals surface area (Å²) < 4.78 is 1.78. The van der Waals surface area contributed by atoms with E-state index in [0.717, 1.165) is 28.1 Å². The van der Waals surface area contributed by atoms with Gasteiger partial charge in [-0.2, -0.15) is 5.10 Å². The van der Waals surface area contributed by atoms with Crippen molar-refractivity contribution >= 4 is 17.8 Å². The predicted molar refractivity (Wildman–Crippen MR) is 128 cm³/mol. The molecule has 1 N–H and O–H groups in total. The van der Waals surface area contributed by atoms with Gasteiger partial charge in [-0.3, -0.25) is 4.79 Å². The number of nitrogens with zero attached hydrogens (tertiary/aromatic N) is 4. The van der Waals surface area contributed by atoms with Crippen molar-refractivity contribution in [1.29, 1.82) is 0 Å². The predicted octanol–water partition coefficient (Wildman–Crippen LogP) is 4.49. The number of aromatic nitrogens is 2. The summed E-state index contributed by atoms with van der Waals surface area (Å²) in [5, 5.41) is 7.81. The number of carbonyl (C=O) groups is 2. The molecule has 7 heteroatoms. The van der Waals surface area contributed by atoms with Crippen molar-refractivity contribution in [3.05, 3.63) is 65.9 Å². The summed E-state index contributed by atoms with van der Waals surface area (Å²) in [6.45, 7) is 7.68. The van der Waals surface area contributed by atoms with E-state index in [2.05, 4.69) is 5.32 Å². The van der Waals surface area contributed by atoms with Gasteiger partial charge in [-0.05, 0) is 44.9 Å². The number of carbonyl (C=O) groups excluding carboxylic acids is 2. The topological polar surface area (TPSA) is 70.5 Å². The van der Waals surface area contributed by atoms with Crippen LogP contribution in [0.1, 0.15) is 25.1 Å². The van der Waals surface area contributed by atoms with Crippen LogP contribution in [-0.4, -0.2) is 58.2 Å². The molecule has 0 aliphatic carbocycles. The van der Waals surface area contributed by atoms with Crippen LogP contribution >= 0.6 is 0 Å². The van der Waals surface area contributed by atoms with Crippen LogP contribution in [0, 0.1) is 13.8 Å². The lowest BCUT2D eigenvalue weighted by Gasteiger charge is -2.29. The molecule has 0 atom stereocenters. The summed E-state index contributed by atoms with van der Waals surface area (Å²) in [5.41, 5.74) is 4.55. The fraction of sp³-hybridized carbons (Fsp3) is 0.320. The second-order valence-corrected chi connectivity index (χ2v) is 8.32. The summed E-state index contributed by atoms with van der Waals surface area (Å²) in [6.07, 6.45) is 0. The molecule has 3 amide bonds. The smallest absolute Gasteiger partial charge is 0.320 e. The first-order valence-corrected chi connectivity index (χ1v) is 10.7. The molecular formula is C25H31N5O2. The molecule has 32 heavy (non-hydrogen) atoms. The zero-order valence-electron chi connectivity index (χ0n) is 19.6. The van der Waals surface area contributed by atoms with E-state index in [4.69, 9.17) is 5.10 Å². The standard InChI is InChI=1S/C25H31N5O2/c1-17(2)29(25(32)28(5)6)16-22(31)26-24-23(20-13-8-7-9-14-20)19(4)27-30(24)21-15-11-10-12-18(21)3/h7-15,17H,16H2,1-6H3,(H,26,31). The van der Waals surface area contributed by atoms with Crippen LogP contribution in [-0.2, 0) is 4.79 Å². The number of hydrogen-bond donors (Lipinski definition) is 1. The number of rotatable bonds is 6. The lowest BCUT2D eigenvalue weighted by atomic mass is 10.1. The van der Waals surface area contributed by atoms with E-state index in [1.54, 1.807) is 23.7 Å². The molecule has 0 aliphatic heterocycles. The Morgan fingerprint density at radius 3 is 2.22 bits per heavy atom. The molecule has 0 saturated heterocycles. The highest BCUT2D eigenvalue weighted by atomic mass is 16.2. The summed E-state index contributed by atoms with van der Waals surface area (Å²) in [6, 6.07) is 17.4. The number of aryl methyl sites for hydroxylation is 2. The van der Waals surface area contributed by atoms with Crippen molar-refractivity contribution in [3.8, 4) is 16.8 Å². The maximum Gasteiger partial charge on any atom is 0.320 e. The first-order valence-electron chi connectivity index (χ1n) is 10.7. The second kappa shape index (κ2) is 9.68. The zero-order valence-corrected chi connectivity index (χ0v) is 19.6. The van der Waals surface area contributed by atoms with Crippen molar-refractivity contribution in [3.63, 3.8) is 0 Å². The maximum atomic E-state index is 13.2. The number of benzene rings is 2. The largest absolute Gasteiger partial charge is 0.331 e. The molecule has 0 fully saturated rings. The maximum absolute atomic E-state index is 13.2. The molecule has 3 aromatic rings. The molecule has 2 aromatic carbocycles. The highest BCUT2D eigenvalue weighted by Gasteiger charge is 2.25. The molecule has 168 valence electrons. The third-order valence-corrected chi connectivity index (χ3v) is 5.29.